The van der Waals surface area contributed by atoms with E-state index in [2.05, 4.69) is 120 Å². The van der Waals surface area contributed by atoms with E-state index in [0.29, 0.717) is 6.42 Å². The molecule has 35 heavy (non-hydrogen) atoms. The fourth-order valence-electron chi connectivity index (χ4n) is 5.30. The summed E-state index contributed by atoms with van der Waals surface area (Å²) in [5.41, 5.74) is 4.82. The van der Waals surface area contributed by atoms with Crippen LogP contribution < -0.4 is 10.6 Å². The van der Waals surface area contributed by atoms with Gasteiger partial charge in [0, 0.05) is 6.42 Å². The van der Waals surface area contributed by atoms with Gasteiger partial charge in [-0.1, -0.05) is 121 Å². The van der Waals surface area contributed by atoms with Crippen molar-refractivity contribution in [2.75, 3.05) is 0 Å². The van der Waals surface area contributed by atoms with Crippen molar-refractivity contribution in [2.45, 2.75) is 43.2 Å². The predicted molar refractivity (Wildman–Crippen MR) is 137 cm³/mol. The van der Waals surface area contributed by atoms with Gasteiger partial charge in [-0.25, -0.2) is 0 Å². The second-order valence-electron chi connectivity index (χ2n) is 9.26. The van der Waals surface area contributed by atoms with Gasteiger partial charge in [0.15, 0.2) is 0 Å². The summed E-state index contributed by atoms with van der Waals surface area (Å²) in [4.78, 5) is 0. The van der Waals surface area contributed by atoms with Crippen LogP contribution in [-0.4, -0.2) is 12.5 Å². The quantitative estimate of drug-likeness (QED) is 0.356. The molecule has 0 aliphatic carbocycles. The Morgan fingerprint density at radius 1 is 0.429 bits per heavy atom. The van der Waals surface area contributed by atoms with Crippen LogP contribution in [0.2, 0.25) is 0 Å². The zero-order valence-corrected chi connectivity index (χ0v) is 19.5. The van der Waals surface area contributed by atoms with Crippen molar-refractivity contribution in [3.05, 3.63) is 144 Å². The molecule has 0 bridgehead atoms. The zero-order valence-electron chi connectivity index (χ0n) is 19.5. The number of hydrogen-bond donors (Lipinski definition) is 2. The Bertz CT molecular complexity index is 1010. The van der Waals surface area contributed by atoms with Crippen molar-refractivity contribution in [1.29, 1.82) is 0 Å². The molecule has 0 aromatic heterocycles. The third kappa shape index (κ3) is 4.79. The van der Waals surface area contributed by atoms with Crippen LogP contribution in [0.4, 0.5) is 0 Å². The van der Waals surface area contributed by atoms with Gasteiger partial charge in [0.25, 0.3) is 0 Å². The maximum absolute atomic E-state index is 6.63. The normalized spacial score (nSPS) is 28.2. The Balaban J connectivity index is 1.23. The monoisotopic (exact) mass is 462 g/mol. The highest BCUT2D eigenvalue weighted by molar-refractivity contribution is 5.29. The highest BCUT2D eigenvalue weighted by Crippen LogP contribution is 2.42. The van der Waals surface area contributed by atoms with Crippen molar-refractivity contribution in [3.8, 4) is 0 Å². The molecule has 0 amide bonds. The predicted octanol–water partition coefficient (Wildman–Crippen LogP) is 6.23. The lowest BCUT2D eigenvalue weighted by Crippen LogP contribution is -2.34. The average Bonchev–Trinajstić information content (AvgIpc) is 3.56. The van der Waals surface area contributed by atoms with Gasteiger partial charge in [0.1, 0.15) is 24.7 Å². The van der Waals surface area contributed by atoms with Crippen molar-refractivity contribution in [2.24, 2.45) is 0 Å². The van der Waals surface area contributed by atoms with Crippen LogP contribution in [0.15, 0.2) is 121 Å². The van der Waals surface area contributed by atoms with Gasteiger partial charge in [-0.3, -0.25) is 10.6 Å². The van der Waals surface area contributed by atoms with Gasteiger partial charge in [0.05, 0.1) is 12.1 Å². The Morgan fingerprint density at radius 3 is 1.09 bits per heavy atom. The molecule has 4 aromatic carbocycles. The highest BCUT2D eigenvalue weighted by Gasteiger charge is 2.41. The molecule has 6 atom stereocenters. The van der Waals surface area contributed by atoms with Crippen molar-refractivity contribution >= 4 is 0 Å². The average molecular weight is 463 g/mol. The minimum absolute atomic E-state index is 0.0557. The molecule has 6 rings (SSSR count). The lowest BCUT2D eigenvalue weighted by Gasteiger charge is -2.18. The minimum Gasteiger partial charge on any atom is -0.353 e. The maximum atomic E-state index is 6.63. The molecule has 0 spiro atoms. The van der Waals surface area contributed by atoms with E-state index >= 15 is 0 Å². The largest absolute Gasteiger partial charge is 0.353 e. The summed E-state index contributed by atoms with van der Waals surface area (Å²) in [6.45, 7) is 0. The molecule has 4 nitrogen and oxygen atoms in total. The van der Waals surface area contributed by atoms with E-state index in [-0.39, 0.29) is 36.7 Å². The minimum atomic E-state index is -0.131. The van der Waals surface area contributed by atoms with E-state index in [1.54, 1.807) is 0 Å². The Labute approximate surface area is 206 Å². The summed E-state index contributed by atoms with van der Waals surface area (Å²) in [5.74, 6) is 0. The first-order valence-corrected chi connectivity index (χ1v) is 12.4. The van der Waals surface area contributed by atoms with Crippen molar-refractivity contribution in [1.82, 2.24) is 10.6 Å². The fraction of sp³-hybridized carbons (Fsp3) is 0.226. The van der Waals surface area contributed by atoms with Crippen LogP contribution in [0.5, 0.6) is 0 Å². The molecular formula is C31H30N2O2. The summed E-state index contributed by atoms with van der Waals surface area (Å²) in [5, 5.41) is 7.50. The first-order chi connectivity index (χ1) is 17.3. The van der Waals surface area contributed by atoms with Crippen LogP contribution in [0, 0.1) is 0 Å². The first-order valence-electron chi connectivity index (χ1n) is 12.4. The molecule has 2 fully saturated rings. The first kappa shape index (κ1) is 22.2. The molecule has 2 N–H and O–H groups in total. The van der Waals surface area contributed by atoms with E-state index in [1.165, 1.54) is 22.3 Å². The number of rotatable bonds is 6. The van der Waals surface area contributed by atoms with Crippen LogP contribution in [0.1, 0.15) is 53.0 Å². The molecule has 2 unspecified atom stereocenters. The molecule has 0 saturated carbocycles. The van der Waals surface area contributed by atoms with Crippen LogP contribution >= 0.6 is 0 Å². The Morgan fingerprint density at radius 2 is 0.743 bits per heavy atom. The van der Waals surface area contributed by atoms with Gasteiger partial charge in [-0.15, -0.1) is 0 Å². The summed E-state index contributed by atoms with van der Waals surface area (Å²) < 4.78 is 13.3. The topological polar surface area (TPSA) is 42.5 Å². The molecule has 4 aromatic rings. The van der Waals surface area contributed by atoms with Crippen LogP contribution in [-0.2, 0) is 9.47 Å². The molecule has 176 valence electrons. The lowest BCUT2D eigenvalue weighted by atomic mass is 9.96. The molecule has 2 heterocycles. The van der Waals surface area contributed by atoms with E-state index < -0.39 is 0 Å². The number of benzene rings is 4. The lowest BCUT2D eigenvalue weighted by molar-refractivity contribution is -0.0263. The smallest absolute Gasteiger partial charge is 0.113 e. The van der Waals surface area contributed by atoms with Crippen molar-refractivity contribution in [3.63, 3.8) is 0 Å². The molecule has 2 aliphatic heterocycles. The molecule has 4 heteroatoms. The third-order valence-electron chi connectivity index (χ3n) is 6.96. The molecule has 2 saturated heterocycles. The van der Waals surface area contributed by atoms with E-state index in [0.717, 1.165) is 0 Å². The van der Waals surface area contributed by atoms with Gasteiger partial charge in [0.2, 0.25) is 0 Å². The molecular weight excluding hydrogens is 432 g/mol. The summed E-state index contributed by atoms with van der Waals surface area (Å²) >= 11 is 0. The standard InChI is InChI=1S/C31H30N2O2/c1-5-13-22(14-6-1)28-30(24-17-9-3-10-18-24)34-26(32-28)21-27-33-29(23-15-7-2-8-16-23)31(35-27)25-19-11-4-12-20-25/h1-20,26-33H,21H2/t26?,27?,28-,29-,30+,31+/m0/s1. The number of ether oxygens (including phenoxy) is 2. The van der Waals surface area contributed by atoms with E-state index in [4.69, 9.17) is 9.47 Å². The van der Waals surface area contributed by atoms with Gasteiger partial charge >= 0.3 is 0 Å². The fourth-order valence-corrected chi connectivity index (χ4v) is 5.30. The van der Waals surface area contributed by atoms with E-state index in [1.807, 2.05) is 12.1 Å². The summed E-state index contributed by atoms with van der Waals surface area (Å²) in [7, 11) is 0. The van der Waals surface area contributed by atoms with Crippen LogP contribution in [0.25, 0.3) is 0 Å². The second-order valence-corrected chi connectivity index (χ2v) is 9.26. The Kier molecular flexibility index (Phi) is 6.43. The number of hydrogen-bond acceptors (Lipinski definition) is 4. The highest BCUT2D eigenvalue weighted by atomic mass is 16.5. The molecule has 0 radical (unpaired) electrons. The van der Waals surface area contributed by atoms with E-state index in [9.17, 15) is 0 Å². The summed E-state index contributed by atoms with van der Waals surface area (Å²) in [6, 6.07) is 42.3. The molecule has 2 aliphatic rings. The second kappa shape index (κ2) is 10.1. The van der Waals surface area contributed by atoms with Gasteiger partial charge in [-0.05, 0) is 22.3 Å². The Hall–Kier alpha value is -3.28. The number of nitrogens with one attached hydrogen (secondary N) is 2. The maximum Gasteiger partial charge on any atom is 0.113 e. The zero-order chi connectivity index (χ0) is 23.5. The van der Waals surface area contributed by atoms with Crippen LogP contribution in [0.3, 0.4) is 0 Å². The summed E-state index contributed by atoms with van der Waals surface area (Å²) in [6.07, 6.45) is 0.335. The van der Waals surface area contributed by atoms with Gasteiger partial charge in [-0.2, -0.15) is 0 Å². The van der Waals surface area contributed by atoms with Crippen molar-refractivity contribution < 1.29 is 9.47 Å². The third-order valence-corrected chi connectivity index (χ3v) is 6.96. The SMILES string of the molecule is c1ccc([C@H]2OC(CC3N[C@@H](c4ccccc4)[C@@H](c4ccccc4)O3)N[C@H]2c2ccccc2)cc1. The van der Waals surface area contributed by atoms with Gasteiger partial charge < -0.3 is 9.47 Å².